The molecule has 3 atom stereocenters. The fraction of sp³-hybridized carbons (Fsp3) is 0.667. The van der Waals surface area contributed by atoms with Crippen molar-refractivity contribution >= 4 is 47.2 Å². The van der Waals surface area contributed by atoms with Crippen LogP contribution in [0.3, 0.4) is 0 Å². The Morgan fingerprint density at radius 2 is 2.07 bits per heavy atom. The SMILES string of the molecule is CN=C(NCCCN1CCN(c2cccc(Cl)c2)CC1)NC1CC2CCC1O2.I. The number of nitrogens with zero attached hydrogens (tertiary/aromatic N) is 3. The first-order chi connectivity index (χ1) is 13.7. The number of nitrogens with one attached hydrogen (secondary N) is 2. The number of piperazine rings is 1. The van der Waals surface area contributed by atoms with Crippen LogP contribution >= 0.6 is 35.6 Å². The van der Waals surface area contributed by atoms with Crippen molar-refractivity contribution in [2.24, 2.45) is 4.99 Å². The van der Waals surface area contributed by atoms with Gasteiger partial charge in [-0.1, -0.05) is 17.7 Å². The molecule has 1 aromatic carbocycles. The number of hydrogen-bond donors (Lipinski definition) is 2. The topological polar surface area (TPSA) is 52.1 Å². The molecule has 8 heteroatoms. The summed E-state index contributed by atoms with van der Waals surface area (Å²) in [5, 5.41) is 7.82. The van der Waals surface area contributed by atoms with Gasteiger partial charge in [-0.2, -0.15) is 0 Å². The predicted octanol–water partition coefficient (Wildman–Crippen LogP) is 2.96. The molecule has 3 fully saturated rings. The van der Waals surface area contributed by atoms with E-state index in [1.165, 1.54) is 18.5 Å². The molecular formula is C21H33ClIN5O. The van der Waals surface area contributed by atoms with Gasteiger partial charge in [-0.3, -0.25) is 9.89 Å². The summed E-state index contributed by atoms with van der Waals surface area (Å²) in [6, 6.07) is 8.58. The molecule has 0 saturated carbocycles. The van der Waals surface area contributed by atoms with Crippen LogP contribution in [-0.2, 0) is 4.74 Å². The zero-order valence-electron chi connectivity index (χ0n) is 17.1. The minimum Gasteiger partial charge on any atom is -0.373 e. The van der Waals surface area contributed by atoms with E-state index in [0.717, 1.165) is 63.1 Å². The van der Waals surface area contributed by atoms with Crippen molar-refractivity contribution in [3.63, 3.8) is 0 Å². The van der Waals surface area contributed by atoms with E-state index >= 15 is 0 Å². The highest BCUT2D eigenvalue weighted by atomic mass is 127. The maximum absolute atomic E-state index is 6.12. The van der Waals surface area contributed by atoms with E-state index < -0.39 is 0 Å². The Labute approximate surface area is 196 Å². The number of anilines is 1. The monoisotopic (exact) mass is 533 g/mol. The molecule has 4 rings (SSSR count). The molecule has 0 aliphatic carbocycles. The van der Waals surface area contributed by atoms with E-state index in [2.05, 4.69) is 37.6 Å². The molecule has 2 bridgehead atoms. The third-order valence-electron chi connectivity index (χ3n) is 6.14. The van der Waals surface area contributed by atoms with Gasteiger partial charge >= 0.3 is 0 Å². The number of aliphatic imine (C=N–C) groups is 1. The van der Waals surface area contributed by atoms with Gasteiger partial charge in [0.1, 0.15) is 0 Å². The highest BCUT2D eigenvalue weighted by molar-refractivity contribution is 14.0. The number of fused-ring (bicyclic) bond motifs is 2. The number of benzene rings is 1. The zero-order valence-corrected chi connectivity index (χ0v) is 20.2. The summed E-state index contributed by atoms with van der Waals surface area (Å²) in [6.07, 6.45) is 5.47. The molecule has 6 nitrogen and oxygen atoms in total. The van der Waals surface area contributed by atoms with Crippen LogP contribution in [0, 0.1) is 0 Å². The van der Waals surface area contributed by atoms with Crippen molar-refractivity contribution < 1.29 is 4.74 Å². The Morgan fingerprint density at radius 3 is 2.72 bits per heavy atom. The third kappa shape index (κ3) is 6.12. The average molecular weight is 534 g/mol. The number of hydrogen-bond acceptors (Lipinski definition) is 4. The molecule has 3 aliphatic rings. The van der Waals surface area contributed by atoms with E-state index in [9.17, 15) is 0 Å². The lowest BCUT2D eigenvalue weighted by Gasteiger charge is -2.36. The lowest BCUT2D eigenvalue weighted by atomic mass is 9.96. The van der Waals surface area contributed by atoms with Crippen LogP contribution in [0.25, 0.3) is 0 Å². The second-order valence-electron chi connectivity index (χ2n) is 8.02. The molecule has 3 saturated heterocycles. The summed E-state index contributed by atoms with van der Waals surface area (Å²) in [5.74, 6) is 0.909. The lowest BCUT2D eigenvalue weighted by molar-refractivity contribution is 0.0992. The van der Waals surface area contributed by atoms with E-state index in [1.54, 1.807) is 0 Å². The average Bonchev–Trinajstić information content (AvgIpc) is 3.34. The maximum atomic E-state index is 6.12. The number of ether oxygens (including phenoxy) is 1. The summed E-state index contributed by atoms with van der Waals surface area (Å²) in [5.41, 5.74) is 1.23. The summed E-state index contributed by atoms with van der Waals surface area (Å²) in [6.45, 7) is 6.37. The van der Waals surface area contributed by atoms with Crippen molar-refractivity contribution in [3.8, 4) is 0 Å². The molecule has 3 aliphatic heterocycles. The summed E-state index contributed by atoms with van der Waals surface area (Å²) >= 11 is 6.12. The summed E-state index contributed by atoms with van der Waals surface area (Å²) in [7, 11) is 1.85. The van der Waals surface area contributed by atoms with Crippen molar-refractivity contribution in [2.45, 2.75) is 43.9 Å². The predicted molar refractivity (Wildman–Crippen MR) is 131 cm³/mol. The fourth-order valence-corrected chi connectivity index (χ4v) is 4.76. The molecule has 3 heterocycles. The van der Waals surface area contributed by atoms with E-state index in [0.29, 0.717) is 18.2 Å². The van der Waals surface area contributed by atoms with Gasteiger partial charge in [-0.25, -0.2) is 0 Å². The van der Waals surface area contributed by atoms with Gasteiger partial charge in [0.2, 0.25) is 0 Å². The molecule has 0 radical (unpaired) electrons. The maximum Gasteiger partial charge on any atom is 0.191 e. The smallest absolute Gasteiger partial charge is 0.191 e. The minimum atomic E-state index is 0. The standard InChI is InChI=1S/C21H32ClN5O.HI/c1-23-21(25-19-15-18-6-7-20(19)28-18)24-8-3-9-26-10-12-27(13-11-26)17-5-2-4-16(22)14-17;/h2,4-5,14,18-20H,3,6-13,15H2,1H3,(H2,23,24,25);1H. The Balaban J connectivity index is 0.00000240. The summed E-state index contributed by atoms with van der Waals surface area (Å²) < 4.78 is 5.92. The minimum absolute atomic E-state index is 0. The quantitative estimate of drug-likeness (QED) is 0.255. The van der Waals surface area contributed by atoms with Crippen molar-refractivity contribution in [3.05, 3.63) is 29.3 Å². The number of rotatable bonds is 6. The van der Waals surface area contributed by atoms with E-state index in [4.69, 9.17) is 16.3 Å². The molecule has 0 spiro atoms. The second-order valence-corrected chi connectivity index (χ2v) is 8.46. The molecule has 2 N–H and O–H groups in total. The van der Waals surface area contributed by atoms with Crippen LogP contribution in [-0.4, -0.2) is 75.4 Å². The third-order valence-corrected chi connectivity index (χ3v) is 6.38. The molecular weight excluding hydrogens is 501 g/mol. The van der Waals surface area contributed by atoms with Crippen molar-refractivity contribution in [1.29, 1.82) is 0 Å². The second kappa shape index (κ2) is 11.0. The van der Waals surface area contributed by atoms with Crippen LogP contribution in [0.2, 0.25) is 5.02 Å². The zero-order chi connectivity index (χ0) is 19.3. The number of halogens is 2. The van der Waals surface area contributed by atoms with Crippen LogP contribution < -0.4 is 15.5 Å². The molecule has 3 unspecified atom stereocenters. The van der Waals surface area contributed by atoms with Gasteiger partial charge in [-0.05, 0) is 50.4 Å². The van der Waals surface area contributed by atoms with Crippen LogP contribution in [0.5, 0.6) is 0 Å². The van der Waals surface area contributed by atoms with Crippen molar-refractivity contribution in [2.75, 3.05) is 51.2 Å². The first kappa shape index (κ1) is 22.9. The van der Waals surface area contributed by atoms with Gasteiger partial charge in [0, 0.05) is 50.5 Å². The van der Waals surface area contributed by atoms with Gasteiger partial charge in [0.25, 0.3) is 0 Å². The van der Waals surface area contributed by atoms with Gasteiger partial charge in [-0.15, -0.1) is 24.0 Å². The lowest BCUT2D eigenvalue weighted by Crippen LogP contribution is -2.49. The molecule has 0 amide bonds. The molecule has 1 aromatic rings. The normalized spacial score (nSPS) is 27.0. The van der Waals surface area contributed by atoms with Crippen LogP contribution in [0.4, 0.5) is 5.69 Å². The first-order valence-corrected chi connectivity index (χ1v) is 10.9. The van der Waals surface area contributed by atoms with Gasteiger partial charge in [0.15, 0.2) is 5.96 Å². The van der Waals surface area contributed by atoms with E-state index in [-0.39, 0.29) is 24.0 Å². The molecule has 29 heavy (non-hydrogen) atoms. The van der Waals surface area contributed by atoms with Crippen molar-refractivity contribution in [1.82, 2.24) is 15.5 Å². The molecule has 162 valence electrons. The van der Waals surface area contributed by atoms with Crippen LogP contribution in [0.1, 0.15) is 25.7 Å². The fourth-order valence-electron chi connectivity index (χ4n) is 4.57. The Hall–Kier alpha value is -0.770. The largest absolute Gasteiger partial charge is 0.373 e. The van der Waals surface area contributed by atoms with E-state index in [1.807, 2.05) is 19.2 Å². The Bertz CT molecular complexity index is 683. The number of guanidine groups is 1. The summed E-state index contributed by atoms with van der Waals surface area (Å²) in [4.78, 5) is 9.34. The van der Waals surface area contributed by atoms with Gasteiger partial charge in [0.05, 0.1) is 18.2 Å². The highest BCUT2D eigenvalue weighted by Crippen LogP contribution is 2.34. The Kier molecular flexibility index (Phi) is 8.70. The highest BCUT2D eigenvalue weighted by Gasteiger charge is 2.41. The van der Waals surface area contributed by atoms with Crippen LogP contribution in [0.15, 0.2) is 29.3 Å². The van der Waals surface area contributed by atoms with Gasteiger partial charge < -0.3 is 20.3 Å². The Morgan fingerprint density at radius 1 is 1.24 bits per heavy atom. The first-order valence-electron chi connectivity index (χ1n) is 10.6. The molecule has 0 aromatic heterocycles.